The van der Waals surface area contributed by atoms with Crippen molar-refractivity contribution in [2.24, 2.45) is 0 Å². The van der Waals surface area contributed by atoms with Crippen molar-refractivity contribution in [3.05, 3.63) is 29.0 Å². The van der Waals surface area contributed by atoms with Gasteiger partial charge in [0.25, 0.3) is 0 Å². The van der Waals surface area contributed by atoms with Crippen molar-refractivity contribution in [1.29, 1.82) is 0 Å². The van der Waals surface area contributed by atoms with Crippen molar-refractivity contribution in [1.82, 2.24) is 4.90 Å². The molecule has 1 amide bonds. The van der Waals surface area contributed by atoms with E-state index < -0.39 is 5.82 Å². The average Bonchev–Trinajstić information content (AvgIpc) is 2.75. The largest absolute Gasteiger partial charge is 0.324 e. The molecule has 1 aliphatic heterocycles. The smallest absolute Gasteiger partial charge is 0.238 e. The molecule has 1 saturated heterocycles. The summed E-state index contributed by atoms with van der Waals surface area (Å²) in [6, 6.07) is 3.93. The highest BCUT2D eigenvalue weighted by atomic mass is 35.5. The molecule has 0 aromatic heterocycles. The second-order valence-corrected chi connectivity index (χ2v) is 4.56. The number of rotatable bonds is 3. The molecule has 0 bridgehead atoms. The Labute approximate surface area is 105 Å². The van der Waals surface area contributed by atoms with Gasteiger partial charge in [0.15, 0.2) is 0 Å². The van der Waals surface area contributed by atoms with Crippen LogP contribution in [0, 0.1) is 5.82 Å². The maximum absolute atomic E-state index is 12.8. The first-order chi connectivity index (χ1) is 8.15. The summed E-state index contributed by atoms with van der Waals surface area (Å²) in [6.45, 7) is 2.29. The van der Waals surface area contributed by atoms with Gasteiger partial charge in [0.2, 0.25) is 5.91 Å². The Bertz CT molecular complexity index is 419. The maximum Gasteiger partial charge on any atom is 0.238 e. The minimum absolute atomic E-state index is 0.111. The lowest BCUT2D eigenvalue weighted by atomic mass is 10.3. The van der Waals surface area contributed by atoms with Gasteiger partial charge in [-0.25, -0.2) is 4.39 Å². The highest BCUT2D eigenvalue weighted by molar-refractivity contribution is 6.33. The Morgan fingerprint density at radius 1 is 1.41 bits per heavy atom. The van der Waals surface area contributed by atoms with E-state index in [0.29, 0.717) is 12.2 Å². The predicted molar refractivity (Wildman–Crippen MR) is 65.7 cm³/mol. The van der Waals surface area contributed by atoms with Crippen LogP contribution in [0.5, 0.6) is 0 Å². The van der Waals surface area contributed by atoms with Gasteiger partial charge in [-0.15, -0.1) is 0 Å². The lowest BCUT2D eigenvalue weighted by molar-refractivity contribution is -0.117. The van der Waals surface area contributed by atoms with Gasteiger partial charge in [0.05, 0.1) is 17.3 Å². The van der Waals surface area contributed by atoms with Crippen LogP contribution in [0.3, 0.4) is 0 Å². The van der Waals surface area contributed by atoms with Crippen molar-refractivity contribution < 1.29 is 9.18 Å². The summed E-state index contributed by atoms with van der Waals surface area (Å²) < 4.78 is 12.8. The van der Waals surface area contributed by atoms with Gasteiger partial charge < -0.3 is 5.32 Å². The molecular formula is C12H14ClFN2O. The summed E-state index contributed by atoms with van der Waals surface area (Å²) in [5, 5.41) is 2.91. The lowest BCUT2D eigenvalue weighted by Gasteiger charge is -2.14. The monoisotopic (exact) mass is 256 g/mol. The van der Waals surface area contributed by atoms with E-state index in [2.05, 4.69) is 10.2 Å². The molecule has 1 heterocycles. The van der Waals surface area contributed by atoms with Crippen molar-refractivity contribution in [3.63, 3.8) is 0 Å². The van der Waals surface area contributed by atoms with Crippen molar-refractivity contribution in [2.75, 3.05) is 25.0 Å². The summed E-state index contributed by atoms with van der Waals surface area (Å²) in [5.74, 6) is -0.520. The van der Waals surface area contributed by atoms with Crippen LogP contribution in [0.1, 0.15) is 12.8 Å². The molecule has 3 nitrogen and oxygen atoms in total. The van der Waals surface area contributed by atoms with Crippen molar-refractivity contribution in [3.8, 4) is 0 Å². The number of hydrogen-bond acceptors (Lipinski definition) is 2. The second kappa shape index (κ2) is 5.47. The molecule has 1 aliphatic rings. The number of benzene rings is 1. The molecular weight excluding hydrogens is 243 g/mol. The van der Waals surface area contributed by atoms with Crippen LogP contribution in [0.25, 0.3) is 0 Å². The van der Waals surface area contributed by atoms with E-state index in [1.165, 1.54) is 18.2 Å². The quantitative estimate of drug-likeness (QED) is 0.901. The van der Waals surface area contributed by atoms with Crippen LogP contribution >= 0.6 is 11.6 Å². The standard InChI is InChI=1S/C12H14ClFN2O/c13-10-7-9(14)3-4-11(10)15-12(17)8-16-5-1-2-6-16/h3-4,7H,1-2,5-6,8H2,(H,15,17). The fourth-order valence-corrected chi connectivity index (χ4v) is 2.14. The predicted octanol–water partition coefficient (Wildman–Crippen LogP) is 2.51. The Morgan fingerprint density at radius 2 is 2.12 bits per heavy atom. The van der Waals surface area contributed by atoms with Crippen LogP contribution in [0.2, 0.25) is 5.02 Å². The molecule has 92 valence electrons. The number of carbonyl (C=O) groups excluding carboxylic acids is 1. The van der Waals surface area contributed by atoms with Gasteiger partial charge in [-0.3, -0.25) is 9.69 Å². The Hall–Kier alpha value is -1.13. The zero-order valence-electron chi connectivity index (χ0n) is 9.38. The molecule has 0 saturated carbocycles. The van der Waals surface area contributed by atoms with Crippen molar-refractivity contribution in [2.45, 2.75) is 12.8 Å². The number of anilines is 1. The SMILES string of the molecule is O=C(CN1CCCC1)Nc1ccc(F)cc1Cl. The lowest BCUT2D eigenvalue weighted by Crippen LogP contribution is -2.30. The molecule has 1 N–H and O–H groups in total. The topological polar surface area (TPSA) is 32.3 Å². The number of hydrogen-bond donors (Lipinski definition) is 1. The van der Waals surface area contributed by atoms with E-state index in [4.69, 9.17) is 11.6 Å². The number of nitrogens with one attached hydrogen (secondary N) is 1. The summed E-state index contributed by atoms with van der Waals surface area (Å²) in [5.41, 5.74) is 0.456. The van der Waals surface area contributed by atoms with Crippen LogP contribution < -0.4 is 5.32 Å². The average molecular weight is 257 g/mol. The molecule has 17 heavy (non-hydrogen) atoms. The van der Waals surface area contributed by atoms with E-state index in [1.54, 1.807) is 0 Å². The third-order valence-electron chi connectivity index (χ3n) is 2.77. The van der Waals surface area contributed by atoms with Gasteiger partial charge in [0, 0.05) is 0 Å². The molecule has 0 aliphatic carbocycles. The Morgan fingerprint density at radius 3 is 2.76 bits per heavy atom. The van der Waals surface area contributed by atoms with E-state index in [-0.39, 0.29) is 10.9 Å². The van der Waals surface area contributed by atoms with E-state index in [9.17, 15) is 9.18 Å². The van der Waals surface area contributed by atoms with Crippen LogP contribution in [0.4, 0.5) is 10.1 Å². The normalized spacial score (nSPS) is 16.1. The summed E-state index contributed by atoms with van der Waals surface area (Å²) >= 11 is 5.82. The Balaban J connectivity index is 1.93. The van der Waals surface area contributed by atoms with Crippen LogP contribution in [-0.2, 0) is 4.79 Å². The first kappa shape index (κ1) is 12.3. The maximum atomic E-state index is 12.8. The van der Waals surface area contributed by atoms with Gasteiger partial charge >= 0.3 is 0 Å². The zero-order chi connectivity index (χ0) is 12.3. The third kappa shape index (κ3) is 3.41. The number of halogens is 2. The molecule has 0 radical (unpaired) electrons. The molecule has 5 heteroatoms. The van der Waals surface area contributed by atoms with E-state index >= 15 is 0 Å². The molecule has 1 fully saturated rings. The molecule has 2 rings (SSSR count). The molecule has 1 aromatic carbocycles. The third-order valence-corrected chi connectivity index (χ3v) is 3.08. The van der Waals surface area contributed by atoms with Crippen LogP contribution in [0.15, 0.2) is 18.2 Å². The zero-order valence-corrected chi connectivity index (χ0v) is 10.1. The van der Waals surface area contributed by atoms with Gasteiger partial charge in [0.1, 0.15) is 5.82 Å². The minimum Gasteiger partial charge on any atom is -0.324 e. The number of nitrogens with zero attached hydrogens (tertiary/aromatic N) is 1. The van der Waals surface area contributed by atoms with Gasteiger partial charge in [-0.05, 0) is 44.1 Å². The highest BCUT2D eigenvalue weighted by Gasteiger charge is 2.15. The summed E-state index contributed by atoms with van der Waals surface area (Å²) in [4.78, 5) is 13.8. The van der Waals surface area contributed by atoms with Crippen molar-refractivity contribution >= 4 is 23.2 Å². The Kier molecular flexibility index (Phi) is 3.97. The minimum atomic E-state index is -0.410. The fourth-order valence-electron chi connectivity index (χ4n) is 1.92. The van der Waals surface area contributed by atoms with E-state index in [1.807, 2.05) is 0 Å². The van der Waals surface area contributed by atoms with Gasteiger partial charge in [-0.1, -0.05) is 11.6 Å². The fraction of sp³-hybridized carbons (Fsp3) is 0.417. The molecule has 0 spiro atoms. The molecule has 1 aromatic rings. The molecule has 0 atom stereocenters. The summed E-state index contributed by atoms with van der Waals surface area (Å²) in [6.07, 6.45) is 2.29. The van der Waals surface area contributed by atoms with E-state index in [0.717, 1.165) is 25.9 Å². The second-order valence-electron chi connectivity index (χ2n) is 4.16. The number of amides is 1. The van der Waals surface area contributed by atoms with Crippen LogP contribution in [-0.4, -0.2) is 30.4 Å². The summed E-state index contributed by atoms with van der Waals surface area (Å²) in [7, 11) is 0. The number of carbonyl (C=O) groups is 1. The van der Waals surface area contributed by atoms with Gasteiger partial charge in [-0.2, -0.15) is 0 Å². The number of likely N-dealkylation sites (tertiary alicyclic amines) is 1. The molecule has 0 unspecified atom stereocenters. The first-order valence-electron chi connectivity index (χ1n) is 5.62. The highest BCUT2D eigenvalue weighted by Crippen LogP contribution is 2.22. The first-order valence-corrected chi connectivity index (χ1v) is 6.00.